The van der Waals surface area contributed by atoms with Gasteiger partial charge in [-0.3, -0.25) is 18.8 Å². The van der Waals surface area contributed by atoms with Gasteiger partial charge in [-0.05, 0) is 32.4 Å². The van der Waals surface area contributed by atoms with Gasteiger partial charge in [0.1, 0.15) is 5.82 Å². The molecular formula is C16H25N5O2. The molecule has 0 saturated carbocycles. The van der Waals surface area contributed by atoms with Crippen molar-refractivity contribution in [2.24, 2.45) is 14.1 Å². The number of rotatable bonds is 4. The van der Waals surface area contributed by atoms with Crippen molar-refractivity contribution in [3.05, 3.63) is 26.7 Å². The highest BCUT2D eigenvalue weighted by Gasteiger charge is 2.20. The van der Waals surface area contributed by atoms with E-state index in [2.05, 4.69) is 16.8 Å². The summed E-state index contributed by atoms with van der Waals surface area (Å²) in [4.78, 5) is 31.8. The molecule has 0 radical (unpaired) electrons. The molecule has 1 aliphatic rings. The number of imidazole rings is 1. The molecule has 7 heteroatoms. The minimum Gasteiger partial charge on any atom is -0.321 e. The first kappa shape index (κ1) is 16.0. The fourth-order valence-corrected chi connectivity index (χ4v) is 3.39. The predicted molar refractivity (Wildman–Crippen MR) is 89.6 cm³/mol. The van der Waals surface area contributed by atoms with Crippen molar-refractivity contribution in [3.63, 3.8) is 0 Å². The van der Waals surface area contributed by atoms with E-state index in [1.807, 2.05) is 4.57 Å². The lowest BCUT2D eigenvalue weighted by Crippen LogP contribution is -2.37. The molecule has 23 heavy (non-hydrogen) atoms. The average molecular weight is 319 g/mol. The highest BCUT2D eigenvalue weighted by molar-refractivity contribution is 5.71. The molecule has 0 N–H and O–H groups in total. The Labute approximate surface area is 135 Å². The molecule has 2 aromatic rings. The van der Waals surface area contributed by atoms with Gasteiger partial charge in [0.15, 0.2) is 11.2 Å². The number of hydrogen-bond acceptors (Lipinski definition) is 4. The van der Waals surface area contributed by atoms with Gasteiger partial charge in [-0.1, -0.05) is 13.3 Å². The molecule has 3 heterocycles. The zero-order valence-electron chi connectivity index (χ0n) is 14.2. The standard InChI is InChI=1S/C16H25N5O2/c1-4-8-21-12(11-20-9-6-5-7-10-20)17-14-13(21)15(22)19(3)16(23)18(14)2/h4-11H2,1-3H3. The SMILES string of the molecule is CCCn1c(CN2CCCCC2)nc2c1c(=O)n(C)c(=O)n2C. The first-order chi connectivity index (χ1) is 11.0. The molecule has 7 nitrogen and oxygen atoms in total. The lowest BCUT2D eigenvalue weighted by Gasteiger charge is -2.26. The number of fused-ring (bicyclic) bond motifs is 1. The van der Waals surface area contributed by atoms with Crippen LogP contribution in [0.25, 0.3) is 11.2 Å². The monoisotopic (exact) mass is 319 g/mol. The van der Waals surface area contributed by atoms with E-state index in [-0.39, 0.29) is 11.2 Å². The number of hydrogen-bond donors (Lipinski definition) is 0. The van der Waals surface area contributed by atoms with E-state index in [1.165, 1.54) is 35.4 Å². The van der Waals surface area contributed by atoms with Gasteiger partial charge in [0.05, 0.1) is 6.54 Å². The lowest BCUT2D eigenvalue weighted by atomic mass is 10.1. The van der Waals surface area contributed by atoms with E-state index >= 15 is 0 Å². The summed E-state index contributed by atoms with van der Waals surface area (Å²) in [6.45, 7) is 5.72. The fourth-order valence-electron chi connectivity index (χ4n) is 3.39. The number of aromatic nitrogens is 4. The smallest absolute Gasteiger partial charge is 0.321 e. The first-order valence-electron chi connectivity index (χ1n) is 8.42. The van der Waals surface area contributed by atoms with Gasteiger partial charge < -0.3 is 4.57 Å². The van der Waals surface area contributed by atoms with Crippen molar-refractivity contribution in [3.8, 4) is 0 Å². The first-order valence-corrected chi connectivity index (χ1v) is 8.42. The Kier molecular flexibility index (Phi) is 4.39. The molecule has 1 saturated heterocycles. The van der Waals surface area contributed by atoms with Crippen LogP contribution >= 0.6 is 0 Å². The maximum atomic E-state index is 12.6. The Bertz CT molecular complexity index is 824. The summed E-state index contributed by atoms with van der Waals surface area (Å²) in [6.07, 6.45) is 4.64. The van der Waals surface area contributed by atoms with Gasteiger partial charge in [0.2, 0.25) is 0 Å². The maximum Gasteiger partial charge on any atom is 0.332 e. The molecule has 0 amide bonds. The predicted octanol–water partition coefficient (Wildman–Crippen LogP) is 0.830. The third-order valence-electron chi connectivity index (χ3n) is 4.69. The van der Waals surface area contributed by atoms with E-state index < -0.39 is 0 Å². The number of likely N-dealkylation sites (tertiary alicyclic amines) is 1. The minimum absolute atomic E-state index is 0.256. The van der Waals surface area contributed by atoms with Crippen LogP contribution in [-0.4, -0.2) is 36.7 Å². The Hall–Kier alpha value is -1.89. The summed E-state index contributed by atoms with van der Waals surface area (Å²) in [5, 5.41) is 0. The van der Waals surface area contributed by atoms with Crippen molar-refractivity contribution >= 4 is 11.2 Å². The van der Waals surface area contributed by atoms with Gasteiger partial charge in [0, 0.05) is 20.6 Å². The molecule has 2 aromatic heterocycles. The topological polar surface area (TPSA) is 65.1 Å². The second-order valence-corrected chi connectivity index (χ2v) is 6.39. The van der Waals surface area contributed by atoms with Gasteiger partial charge in [-0.2, -0.15) is 0 Å². The van der Waals surface area contributed by atoms with Crippen LogP contribution in [-0.2, 0) is 27.2 Å². The van der Waals surface area contributed by atoms with E-state index in [9.17, 15) is 9.59 Å². The quantitative estimate of drug-likeness (QED) is 0.837. The van der Waals surface area contributed by atoms with Gasteiger partial charge in [0.25, 0.3) is 5.56 Å². The van der Waals surface area contributed by atoms with Gasteiger partial charge in [-0.25, -0.2) is 9.78 Å². The summed E-state index contributed by atoms with van der Waals surface area (Å²) in [7, 11) is 3.20. The summed E-state index contributed by atoms with van der Waals surface area (Å²) in [5.74, 6) is 0.891. The molecule has 126 valence electrons. The van der Waals surface area contributed by atoms with E-state index in [0.717, 1.165) is 38.4 Å². The fraction of sp³-hybridized carbons (Fsp3) is 0.688. The van der Waals surface area contributed by atoms with E-state index in [4.69, 9.17) is 0 Å². The summed E-state index contributed by atoms with van der Waals surface area (Å²) in [6, 6.07) is 0. The zero-order chi connectivity index (χ0) is 16.6. The third kappa shape index (κ3) is 2.73. The molecule has 3 rings (SSSR count). The summed E-state index contributed by atoms with van der Waals surface area (Å²) < 4.78 is 4.65. The number of aryl methyl sites for hydroxylation is 2. The molecule has 0 atom stereocenters. The number of piperidine rings is 1. The summed E-state index contributed by atoms with van der Waals surface area (Å²) >= 11 is 0. The lowest BCUT2D eigenvalue weighted by molar-refractivity contribution is 0.213. The highest BCUT2D eigenvalue weighted by atomic mass is 16.2. The second-order valence-electron chi connectivity index (χ2n) is 6.39. The third-order valence-corrected chi connectivity index (χ3v) is 4.69. The molecule has 0 bridgehead atoms. The molecular weight excluding hydrogens is 294 g/mol. The Morgan fingerprint density at radius 1 is 1.04 bits per heavy atom. The normalized spacial score (nSPS) is 16.3. The van der Waals surface area contributed by atoms with E-state index in [1.54, 1.807) is 7.05 Å². The molecule has 0 aromatic carbocycles. The Balaban J connectivity index is 2.15. The Morgan fingerprint density at radius 2 is 1.74 bits per heavy atom. The van der Waals surface area contributed by atoms with Crippen LogP contribution in [0.2, 0.25) is 0 Å². The van der Waals surface area contributed by atoms with Crippen LogP contribution in [0, 0.1) is 0 Å². The zero-order valence-corrected chi connectivity index (χ0v) is 14.2. The van der Waals surface area contributed by atoms with Crippen molar-refractivity contribution in [1.29, 1.82) is 0 Å². The Morgan fingerprint density at radius 3 is 2.39 bits per heavy atom. The van der Waals surface area contributed by atoms with Crippen molar-refractivity contribution < 1.29 is 0 Å². The molecule has 0 spiro atoms. The van der Waals surface area contributed by atoms with Crippen LogP contribution in [0.5, 0.6) is 0 Å². The van der Waals surface area contributed by atoms with E-state index in [0.29, 0.717) is 11.2 Å². The minimum atomic E-state index is -0.326. The van der Waals surface area contributed by atoms with Gasteiger partial charge >= 0.3 is 5.69 Å². The van der Waals surface area contributed by atoms with Crippen LogP contribution in [0.15, 0.2) is 9.59 Å². The van der Waals surface area contributed by atoms with Crippen molar-refractivity contribution in [2.75, 3.05) is 13.1 Å². The van der Waals surface area contributed by atoms with Crippen LogP contribution in [0.4, 0.5) is 0 Å². The molecule has 1 fully saturated rings. The van der Waals surface area contributed by atoms with Crippen LogP contribution < -0.4 is 11.2 Å². The summed E-state index contributed by atoms with van der Waals surface area (Å²) in [5.41, 5.74) is 0.462. The number of nitrogens with zero attached hydrogens (tertiary/aromatic N) is 5. The van der Waals surface area contributed by atoms with Crippen LogP contribution in [0.1, 0.15) is 38.4 Å². The highest BCUT2D eigenvalue weighted by Crippen LogP contribution is 2.16. The maximum absolute atomic E-state index is 12.6. The molecule has 1 aliphatic heterocycles. The molecule has 0 aliphatic carbocycles. The molecule has 0 unspecified atom stereocenters. The largest absolute Gasteiger partial charge is 0.332 e. The average Bonchev–Trinajstić information content (AvgIpc) is 2.91. The van der Waals surface area contributed by atoms with Crippen LogP contribution in [0.3, 0.4) is 0 Å². The second kappa shape index (κ2) is 6.31. The van der Waals surface area contributed by atoms with Crippen molar-refractivity contribution in [1.82, 2.24) is 23.6 Å². The van der Waals surface area contributed by atoms with Gasteiger partial charge in [-0.15, -0.1) is 0 Å². The van der Waals surface area contributed by atoms with Crippen molar-refractivity contribution in [2.45, 2.75) is 45.7 Å².